The first kappa shape index (κ1) is 20.2. The van der Waals surface area contributed by atoms with Crippen LogP contribution in [-0.4, -0.2) is 23.3 Å². The van der Waals surface area contributed by atoms with E-state index in [2.05, 4.69) is 15.7 Å². The lowest BCUT2D eigenvalue weighted by Crippen LogP contribution is -2.19. The highest BCUT2D eigenvalue weighted by Crippen LogP contribution is 2.20. The Hall–Kier alpha value is -2.53. The number of nitrogens with one attached hydrogen (secondary N) is 2. The zero-order chi connectivity index (χ0) is 20.3. The summed E-state index contributed by atoms with van der Waals surface area (Å²) in [5.74, 6) is 0.0451. The Morgan fingerprint density at radius 3 is 2.54 bits per heavy atom. The molecule has 7 nitrogen and oxygen atoms in total. The van der Waals surface area contributed by atoms with E-state index in [0.717, 1.165) is 0 Å². The highest BCUT2D eigenvalue weighted by Gasteiger charge is 2.10. The molecule has 0 fully saturated rings. The van der Waals surface area contributed by atoms with Crippen LogP contribution in [0.1, 0.15) is 5.56 Å². The Balaban J connectivity index is 1.62. The van der Waals surface area contributed by atoms with Gasteiger partial charge >= 0.3 is 0 Å². The topological polar surface area (TPSA) is 102 Å². The molecule has 0 saturated carbocycles. The molecule has 11 heteroatoms. The summed E-state index contributed by atoms with van der Waals surface area (Å²) in [6.07, 6.45) is 1.66. The van der Waals surface area contributed by atoms with Crippen molar-refractivity contribution >= 4 is 50.5 Å². The molecule has 28 heavy (non-hydrogen) atoms. The number of thiocarbonyl (C=S) groups is 1. The van der Waals surface area contributed by atoms with Gasteiger partial charge in [-0.15, -0.1) is 0 Å². The minimum atomic E-state index is -3.75. The molecule has 4 N–H and O–H groups in total. The molecule has 1 heterocycles. The molecule has 3 aromatic rings. The molecule has 0 spiro atoms. The van der Waals surface area contributed by atoms with Crippen LogP contribution in [0, 0.1) is 5.82 Å². The quantitative estimate of drug-likeness (QED) is 0.528. The monoisotopic (exact) mass is 439 g/mol. The summed E-state index contributed by atoms with van der Waals surface area (Å²) in [5, 5.41) is 15.7. The maximum absolute atomic E-state index is 13.9. The van der Waals surface area contributed by atoms with Gasteiger partial charge in [0.05, 0.1) is 11.4 Å². The smallest absolute Gasteiger partial charge is 0.238 e. The SMILES string of the molecule is NS(=O)(=O)c1ccc(NC(=S)Nc2ccn(Cc3c(F)cccc3Cl)n2)cc1. The Morgan fingerprint density at radius 1 is 1.18 bits per heavy atom. The van der Waals surface area contributed by atoms with Crippen molar-refractivity contribution in [3.05, 3.63) is 71.1 Å². The lowest BCUT2D eigenvalue weighted by atomic mass is 10.2. The highest BCUT2D eigenvalue weighted by molar-refractivity contribution is 7.89. The van der Waals surface area contributed by atoms with Crippen molar-refractivity contribution in [2.24, 2.45) is 5.14 Å². The molecule has 146 valence electrons. The van der Waals surface area contributed by atoms with Crippen molar-refractivity contribution in [2.75, 3.05) is 10.6 Å². The van der Waals surface area contributed by atoms with Gasteiger partial charge in [-0.25, -0.2) is 17.9 Å². The summed E-state index contributed by atoms with van der Waals surface area (Å²) >= 11 is 11.2. The molecule has 0 saturated heterocycles. The number of aromatic nitrogens is 2. The van der Waals surface area contributed by atoms with Gasteiger partial charge in [-0.3, -0.25) is 4.68 Å². The Kier molecular flexibility index (Phi) is 5.94. The first-order valence-corrected chi connectivity index (χ1v) is 10.2. The fraction of sp³-hybridized carbons (Fsp3) is 0.0588. The van der Waals surface area contributed by atoms with Gasteiger partial charge in [0.15, 0.2) is 10.9 Å². The lowest BCUT2D eigenvalue weighted by Gasteiger charge is -2.09. The van der Waals surface area contributed by atoms with Crippen molar-refractivity contribution in [1.29, 1.82) is 0 Å². The van der Waals surface area contributed by atoms with Gasteiger partial charge in [0.2, 0.25) is 10.0 Å². The van der Waals surface area contributed by atoms with E-state index < -0.39 is 15.8 Å². The van der Waals surface area contributed by atoms with Gasteiger partial charge in [-0.05, 0) is 48.6 Å². The van der Waals surface area contributed by atoms with E-state index in [1.807, 2.05) is 0 Å². The maximum atomic E-state index is 13.9. The minimum Gasteiger partial charge on any atom is -0.332 e. The molecule has 2 aromatic carbocycles. The average molecular weight is 440 g/mol. The maximum Gasteiger partial charge on any atom is 0.238 e. The van der Waals surface area contributed by atoms with Gasteiger partial charge in [0.25, 0.3) is 0 Å². The summed E-state index contributed by atoms with van der Waals surface area (Å²) in [6.45, 7) is 0.169. The normalized spacial score (nSPS) is 11.2. The third-order valence-electron chi connectivity index (χ3n) is 3.70. The van der Waals surface area contributed by atoms with E-state index in [1.165, 1.54) is 41.1 Å². The van der Waals surface area contributed by atoms with Crippen LogP contribution in [-0.2, 0) is 16.6 Å². The zero-order valence-electron chi connectivity index (χ0n) is 14.3. The van der Waals surface area contributed by atoms with Gasteiger partial charge < -0.3 is 10.6 Å². The van der Waals surface area contributed by atoms with E-state index in [-0.39, 0.29) is 16.6 Å². The lowest BCUT2D eigenvalue weighted by molar-refractivity contribution is 0.586. The first-order valence-electron chi connectivity index (χ1n) is 7.89. The van der Waals surface area contributed by atoms with Crippen molar-refractivity contribution in [1.82, 2.24) is 9.78 Å². The number of nitrogens with two attached hydrogens (primary N) is 1. The van der Waals surface area contributed by atoms with Crippen LogP contribution in [0.15, 0.2) is 59.6 Å². The van der Waals surface area contributed by atoms with Crippen LogP contribution in [0.5, 0.6) is 0 Å². The fourth-order valence-electron chi connectivity index (χ4n) is 2.37. The largest absolute Gasteiger partial charge is 0.332 e. The molecular weight excluding hydrogens is 425 g/mol. The van der Waals surface area contributed by atoms with E-state index in [0.29, 0.717) is 22.1 Å². The molecule has 0 amide bonds. The Labute approximate surface area is 171 Å². The van der Waals surface area contributed by atoms with Crippen molar-refractivity contribution in [3.63, 3.8) is 0 Å². The molecular formula is C17H15ClFN5O2S2. The average Bonchev–Trinajstić information content (AvgIpc) is 3.05. The standard InChI is InChI=1S/C17H15ClFN5O2S2/c18-14-2-1-3-15(19)13(14)10-24-9-8-16(23-24)22-17(27)21-11-4-6-12(7-5-11)28(20,25)26/h1-9H,10H2,(H2,20,25,26)(H2,21,22,23,27). The number of hydrogen-bond acceptors (Lipinski definition) is 4. The van der Waals surface area contributed by atoms with Gasteiger partial charge in [-0.1, -0.05) is 17.7 Å². The van der Waals surface area contributed by atoms with Crippen LogP contribution in [0.2, 0.25) is 5.02 Å². The minimum absolute atomic E-state index is 0.00229. The van der Waals surface area contributed by atoms with Gasteiger partial charge in [0, 0.05) is 28.5 Å². The molecule has 0 atom stereocenters. The number of nitrogens with zero attached hydrogens (tertiary/aromatic N) is 2. The van der Waals surface area contributed by atoms with E-state index >= 15 is 0 Å². The molecule has 1 aromatic heterocycles. The second kappa shape index (κ2) is 8.23. The van der Waals surface area contributed by atoms with Crippen molar-refractivity contribution < 1.29 is 12.8 Å². The van der Waals surface area contributed by atoms with Crippen LogP contribution in [0.4, 0.5) is 15.9 Å². The summed E-state index contributed by atoms with van der Waals surface area (Å²) in [6, 6.07) is 12.0. The first-order chi connectivity index (χ1) is 13.2. The predicted octanol–water partition coefficient (Wildman–Crippen LogP) is 3.18. The number of benzene rings is 2. The van der Waals surface area contributed by atoms with Crippen LogP contribution in [0.25, 0.3) is 0 Å². The summed E-state index contributed by atoms with van der Waals surface area (Å²) in [4.78, 5) is 0.00229. The van der Waals surface area contributed by atoms with E-state index in [1.54, 1.807) is 18.3 Å². The van der Waals surface area contributed by atoms with Gasteiger partial charge in [0.1, 0.15) is 5.82 Å². The number of hydrogen-bond donors (Lipinski definition) is 3. The fourth-order valence-corrected chi connectivity index (χ4v) is 3.33. The molecule has 3 rings (SSSR count). The van der Waals surface area contributed by atoms with Crippen LogP contribution >= 0.6 is 23.8 Å². The highest BCUT2D eigenvalue weighted by atomic mass is 35.5. The van der Waals surface area contributed by atoms with Crippen molar-refractivity contribution in [3.8, 4) is 0 Å². The second-order valence-corrected chi connectivity index (χ2v) is 8.12. The number of primary sulfonamides is 1. The molecule has 0 bridgehead atoms. The number of rotatable bonds is 5. The third-order valence-corrected chi connectivity index (χ3v) is 5.19. The molecule has 0 aliphatic carbocycles. The number of anilines is 2. The zero-order valence-corrected chi connectivity index (χ0v) is 16.7. The number of halogens is 2. The molecule has 0 radical (unpaired) electrons. The number of sulfonamides is 1. The third kappa shape index (κ3) is 5.04. The van der Waals surface area contributed by atoms with E-state index in [4.69, 9.17) is 29.0 Å². The van der Waals surface area contributed by atoms with Crippen LogP contribution in [0.3, 0.4) is 0 Å². The molecule has 0 unspecified atom stereocenters. The predicted molar refractivity (Wildman–Crippen MR) is 110 cm³/mol. The molecule has 0 aliphatic rings. The second-order valence-electron chi connectivity index (χ2n) is 5.75. The summed E-state index contributed by atoms with van der Waals surface area (Å²) in [7, 11) is -3.75. The molecule has 0 aliphatic heterocycles. The van der Waals surface area contributed by atoms with Gasteiger partial charge in [-0.2, -0.15) is 5.10 Å². The Morgan fingerprint density at radius 2 is 1.89 bits per heavy atom. The summed E-state index contributed by atoms with van der Waals surface area (Å²) < 4.78 is 37.9. The van der Waals surface area contributed by atoms with E-state index in [9.17, 15) is 12.8 Å². The van der Waals surface area contributed by atoms with Crippen molar-refractivity contribution in [2.45, 2.75) is 11.4 Å². The Bertz CT molecular complexity index is 1100. The summed E-state index contributed by atoms with van der Waals surface area (Å²) in [5.41, 5.74) is 0.914. The van der Waals surface area contributed by atoms with Crippen LogP contribution < -0.4 is 15.8 Å².